The van der Waals surface area contributed by atoms with E-state index in [-0.39, 0.29) is 6.03 Å². The van der Waals surface area contributed by atoms with E-state index < -0.39 is 0 Å². The predicted octanol–water partition coefficient (Wildman–Crippen LogP) is 4.26. The van der Waals surface area contributed by atoms with Crippen LogP contribution in [0, 0.1) is 5.92 Å². The van der Waals surface area contributed by atoms with Crippen molar-refractivity contribution in [1.82, 2.24) is 15.1 Å². The van der Waals surface area contributed by atoms with Crippen molar-refractivity contribution in [2.45, 2.75) is 64.0 Å². The van der Waals surface area contributed by atoms with Crippen molar-refractivity contribution in [3.8, 4) is 0 Å². The van der Waals surface area contributed by atoms with Gasteiger partial charge in [0.25, 0.3) is 0 Å². The zero-order valence-electron chi connectivity index (χ0n) is 16.3. The molecule has 2 amide bonds. The Hall–Kier alpha value is -1.55. The molecule has 1 heterocycles. The molecule has 0 radical (unpaired) electrons. The molecule has 1 aromatic carbocycles. The minimum atomic E-state index is 0.113. The summed E-state index contributed by atoms with van der Waals surface area (Å²) >= 11 is 0. The summed E-state index contributed by atoms with van der Waals surface area (Å²) in [6.45, 7) is 3.99. The summed E-state index contributed by atoms with van der Waals surface area (Å²) in [5.41, 5.74) is 1.37. The Morgan fingerprint density at radius 2 is 1.77 bits per heavy atom. The predicted molar refractivity (Wildman–Crippen MR) is 107 cm³/mol. The fourth-order valence-corrected chi connectivity index (χ4v) is 4.46. The third kappa shape index (κ3) is 5.73. The summed E-state index contributed by atoms with van der Waals surface area (Å²) in [5, 5.41) is 3.15. The number of piperidine rings is 1. The van der Waals surface area contributed by atoms with E-state index in [0.29, 0.717) is 6.04 Å². The van der Waals surface area contributed by atoms with Crippen LogP contribution >= 0.6 is 0 Å². The second kappa shape index (κ2) is 9.96. The highest BCUT2D eigenvalue weighted by atomic mass is 16.2. The van der Waals surface area contributed by atoms with Crippen LogP contribution in [0.1, 0.15) is 56.9 Å². The average Bonchev–Trinajstić information content (AvgIpc) is 2.69. The van der Waals surface area contributed by atoms with E-state index in [4.69, 9.17) is 0 Å². The van der Waals surface area contributed by atoms with Gasteiger partial charge in [-0.3, -0.25) is 4.90 Å². The molecule has 1 aliphatic heterocycles. The molecule has 1 aromatic rings. The van der Waals surface area contributed by atoms with E-state index in [1.807, 2.05) is 11.9 Å². The second-order valence-electron chi connectivity index (χ2n) is 8.13. The van der Waals surface area contributed by atoms with Crippen LogP contribution in [0.25, 0.3) is 0 Å². The van der Waals surface area contributed by atoms with Crippen molar-refractivity contribution in [2.24, 2.45) is 5.92 Å². The molecule has 0 atom stereocenters. The monoisotopic (exact) mass is 357 g/mol. The number of urea groups is 1. The number of hydrogen-bond donors (Lipinski definition) is 1. The summed E-state index contributed by atoms with van der Waals surface area (Å²) in [5.74, 6) is 0.829. The molecule has 2 aliphatic rings. The molecule has 1 saturated carbocycles. The fourth-order valence-electron chi connectivity index (χ4n) is 4.46. The molecule has 1 saturated heterocycles. The van der Waals surface area contributed by atoms with E-state index in [0.717, 1.165) is 51.4 Å². The highest BCUT2D eigenvalue weighted by molar-refractivity contribution is 5.74. The Bertz CT molecular complexity index is 534. The number of rotatable bonds is 6. The van der Waals surface area contributed by atoms with Gasteiger partial charge in [-0.15, -0.1) is 0 Å². The standard InChI is InChI=1S/C22H35N3O/c1-24(22(26)23-15-12-19-8-4-2-5-9-19)21-13-16-25(17-14-21)18-20-10-6-3-7-11-20/h3,6-7,10-11,19,21H,2,4-5,8-9,12-18H2,1H3,(H,23,26). The molecule has 3 rings (SSSR count). The molecular formula is C22H35N3O. The Balaban J connectivity index is 1.34. The van der Waals surface area contributed by atoms with Crippen LogP contribution in [-0.2, 0) is 6.54 Å². The second-order valence-corrected chi connectivity index (χ2v) is 8.13. The molecule has 0 spiro atoms. The van der Waals surface area contributed by atoms with Crippen molar-refractivity contribution in [1.29, 1.82) is 0 Å². The van der Waals surface area contributed by atoms with Gasteiger partial charge in [-0.05, 0) is 30.7 Å². The number of carbonyl (C=O) groups is 1. The van der Waals surface area contributed by atoms with Gasteiger partial charge in [-0.1, -0.05) is 62.4 Å². The maximum Gasteiger partial charge on any atom is 0.317 e. The first-order chi connectivity index (χ1) is 12.7. The van der Waals surface area contributed by atoms with Gasteiger partial charge in [0.2, 0.25) is 0 Å². The summed E-state index contributed by atoms with van der Waals surface area (Å²) in [6.07, 6.45) is 10.1. The quantitative estimate of drug-likeness (QED) is 0.825. The highest BCUT2D eigenvalue weighted by Gasteiger charge is 2.25. The minimum Gasteiger partial charge on any atom is -0.338 e. The summed E-state index contributed by atoms with van der Waals surface area (Å²) in [7, 11) is 1.97. The molecule has 1 N–H and O–H groups in total. The van der Waals surface area contributed by atoms with Crippen molar-refractivity contribution >= 4 is 6.03 Å². The number of amides is 2. The Morgan fingerprint density at radius 1 is 1.08 bits per heavy atom. The number of carbonyl (C=O) groups excluding carboxylic acids is 1. The van der Waals surface area contributed by atoms with Crippen molar-refractivity contribution in [2.75, 3.05) is 26.7 Å². The third-order valence-corrected chi connectivity index (χ3v) is 6.23. The Labute approximate surface area is 158 Å². The zero-order valence-corrected chi connectivity index (χ0v) is 16.3. The van der Waals surface area contributed by atoms with E-state index in [1.165, 1.54) is 37.7 Å². The fraction of sp³-hybridized carbons (Fsp3) is 0.682. The number of benzene rings is 1. The number of nitrogens with zero attached hydrogens (tertiary/aromatic N) is 2. The van der Waals surface area contributed by atoms with Crippen LogP contribution in [0.15, 0.2) is 30.3 Å². The number of hydrogen-bond acceptors (Lipinski definition) is 2. The third-order valence-electron chi connectivity index (χ3n) is 6.23. The van der Waals surface area contributed by atoms with Gasteiger partial charge in [0, 0.05) is 39.3 Å². The topological polar surface area (TPSA) is 35.6 Å². The lowest BCUT2D eigenvalue weighted by Gasteiger charge is -2.36. The SMILES string of the molecule is CN(C(=O)NCCC1CCCCC1)C1CCN(Cc2ccccc2)CC1. The van der Waals surface area contributed by atoms with E-state index in [2.05, 4.69) is 40.5 Å². The van der Waals surface area contributed by atoms with Crippen molar-refractivity contribution in [3.63, 3.8) is 0 Å². The molecule has 4 heteroatoms. The summed E-state index contributed by atoms with van der Waals surface area (Å²) < 4.78 is 0. The Morgan fingerprint density at radius 3 is 2.46 bits per heavy atom. The Kier molecular flexibility index (Phi) is 7.36. The first-order valence-corrected chi connectivity index (χ1v) is 10.5. The smallest absolute Gasteiger partial charge is 0.317 e. The van der Waals surface area contributed by atoms with Crippen LogP contribution < -0.4 is 5.32 Å². The van der Waals surface area contributed by atoms with Crippen LogP contribution in [0.4, 0.5) is 4.79 Å². The van der Waals surface area contributed by atoms with Crippen LogP contribution in [0.3, 0.4) is 0 Å². The van der Waals surface area contributed by atoms with E-state index >= 15 is 0 Å². The molecule has 0 aromatic heterocycles. The summed E-state index contributed by atoms with van der Waals surface area (Å²) in [6, 6.07) is 11.1. The lowest BCUT2D eigenvalue weighted by atomic mass is 9.87. The van der Waals surface area contributed by atoms with Gasteiger partial charge >= 0.3 is 6.03 Å². The normalized spacial score (nSPS) is 20.0. The maximum absolute atomic E-state index is 12.5. The van der Waals surface area contributed by atoms with Crippen molar-refractivity contribution < 1.29 is 4.79 Å². The van der Waals surface area contributed by atoms with E-state index in [9.17, 15) is 4.79 Å². The van der Waals surface area contributed by atoms with Gasteiger partial charge in [0.15, 0.2) is 0 Å². The molecule has 0 bridgehead atoms. The van der Waals surface area contributed by atoms with Gasteiger partial charge < -0.3 is 10.2 Å². The molecule has 1 aliphatic carbocycles. The number of nitrogens with one attached hydrogen (secondary N) is 1. The van der Waals surface area contributed by atoms with Crippen LogP contribution in [0.5, 0.6) is 0 Å². The van der Waals surface area contributed by atoms with Crippen molar-refractivity contribution in [3.05, 3.63) is 35.9 Å². The maximum atomic E-state index is 12.5. The zero-order chi connectivity index (χ0) is 18.2. The lowest BCUT2D eigenvalue weighted by molar-refractivity contribution is 0.131. The van der Waals surface area contributed by atoms with Gasteiger partial charge in [-0.2, -0.15) is 0 Å². The first-order valence-electron chi connectivity index (χ1n) is 10.5. The van der Waals surface area contributed by atoms with E-state index in [1.54, 1.807) is 0 Å². The molecule has 2 fully saturated rings. The molecule has 144 valence electrons. The van der Waals surface area contributed by atoms with Crippen LogP contribution in [0.2, 0.25) is 0 Å². The molecule has 0 unspecified atom stereocenters. The number of likely N-dealkylation sites (tertiary alicyclic amines) is 1. The van der Waals surface area contributed by atoms with Gasteiger partial charge in [-0.25, -0.2) is 4.79 Å². The average molecular weight is 358 g/mol. The van der Waals surface area contributed by atoms with Gasteiger partial charge in [0.05, 0.1) is 0 Å². The van der Waals surface area contributed by atoms with Crippen LogP contribution in [-0.4, -0.2) is 48.6 Å². The largest absolute Gasteiger partial charge is 0.338 e. The summed E-state index contributed by atoms with van der Waals surface area (Å²) in [4.78, 5) is 16.9. The highest BCUT2D eigenvalue weighted by Crippen LogP contribution is 2.25. The minimum absolute atomic E-state index is 0.113. The molecule has 26 heavy (non-hydrogen) atoms. The van der Waals surface area contributed by atoms with Gasteiger partial charge in [0.1, 0.15) is 0 Å². The molecule has 4 nitrogen and oxygen atoms in total. The lowest BCUT2D eigenvalue weighted by Crippen LogP contribution is -2.48. The first kappa shape index (κ1) is 19.2. The molecular weight excluding hydrogens is 322 g/mol.